The standard InChI is InChI=1S/C53H33N7S/c1-3-13-36(14-4-1)52-54-43-18-8-10-20-45(43)59(52)39-28-23-34(24-29-39)49-56-50(58-51(57-49)38-27-32-42-41-17-7-12-22-47(41)61-48(42)33-38)35-25-30-40(31-26-35)60-46-21-11-9-19-44(46)55-53(60)37-15-5-2-6-16-37/h1-33H. The number of fused-ring (bicyclic) bond motifs is 5. The third-order valence-corrected chi connectivity index (χ3v) is 12.4. The van der Waals surface area contributed by atoms with Gasteiger partial charge in [-0.05, 0) is 84.9 Å². The van der Waals surface area contributed by atoms with Crippen molar-refractivity contribution in [2.24, 2.45) is 0 Å². The summed E-state index contributed by atoms with van der Waals surface area (Å²) in [6.45, 7) is 0. The van der Waals surface area contributed by atoms with E-state index in [0.717, 1.165) is 72.9 Å². The predicted molar refractivity (Wildman–Crippen MR) is 249 cm³/mol. The summed E-state index contributed by atoms with van der Waals surface area (Å²) < 4.78 is 6.88. The molecule has 0 unspecified atom stereocenters. The van der Waals surface area contributed by atoms with Crippen LogP contribution in [-0.4, -0.2) is 34.1 Å². The van der Waals surface area contributed by atoms with Crippen molar-refractivity contribution in [1.29, 1.82) is 0 Å². The van der Waals surface area contributed by atoms with E-state index in [9.17, 15) is 0 Å². The van der Waals surface area contributed by atoms with Crippen LogP contribution in [0.15, 0.2) is 200 Å². The molecule has 0 saturated heterocycles. The Morgan fingerprint density at radius 3 is 1.28 bits per heavy atom. The molecule has 4 heterocycles. The molecule has 0 saturated carbocycles. The van der Waals surface area contributed by atoms with Gasteiger partial charge in [0.05, 0.1) is 22.1 Å². The van der Waals surface area contributed by atoms with Crippen LogP contribution in [0.2, 0.25) is 0 Å². The maximum Gasteiger partial charge on any atom is 0.164 e. The molecule has 0 aliphatic rings. The van der Waals surface area contributed by atoms with Crippen molar-refractivity contribution in [2.45, 2.75) is 0 Å². The fraction of sp³-hybridized carbons (Fsp3) is 0. The molecule has 4 aromatic heterocycles. The maximum atomic E-state index is 5.16. The molecule has 8 heteroatoms. The first kappa shape index (κ1) is 34.9. The average molecular weight is 800 g/mol. The molecule has 61 heavy (non-hydrogen) atoms. The lowest BCUT2D eigenvalue weighted by atomic mass is 10.1. The minimum Gasteiger partial charge on any atom is -0.292 e. The molecular weight excluding hydrogens is 767 g/mol. The molecular formula is C53H33N7S. The van der Waals surface area contributed by atoms with Crippen LogP contribution in [0.25, 0.3) is 111 Å². The number of rotatable bonds is 7. The largest absolute Gasteiger partial charge is 0.292 e. The van der Waals surface area contributed by atoms with Gasteiger partial charge in [-0.25, -0.2) is 24.9 Å². The second-order valence-electron chi connectivity index (χ2n) is 15.0. The zero-order valence-electron chi connectivity index (χ0n) is 32.6. The molecule has 7 nitrogen and oxygen atoms in total. The van der Waals surface area contributed by atoms with Gasteiger partial charge in [0.1, 0.15) is 11.6 Å². The number of thiophene rings is 1. The van der Waals surface area contributed by atoms with Crippen molar-refractivity contribution in [3.05, 3.63) is 200 Å². The maximum absolute atomic E-state index is 5.16. The Labute approximate surface area is 354 Å². The van der Waals surface area contributed by atoms with Crippen molar-refractivity contribution in [1.82, 2.24) is 34.1 Å². The van der Waals surface area contributed by atoms with Crippen LogP contribution in [0.1, 0.15) is 0 Å². The molecule has 0 aliphatic carbocycles. The van der Waals surface area contributed by atoms with Crippen molar-refractivity contribution in [2.75, 3.05) is 0 Å². The highest BCUT2D eigenvalue weighted by molar-refractivity contribution is 7.25. The van der Waals surface area contributed by atoms with Gasteiger partial charge in [-0.3, -0.25) is 9.13 Å². The summed E-state index contributed by atoms with van der Waals surface area (Å²) >= 11 is 1.79. The quantitative estimate of drug-likeness (QED) is 0.160. The Hall–Kier alpha value is -8.07. The third kappa shape index (κ3) is 6.08. The van der Waals surface area contributed by atoms with Gasteiger partial charge in [-0.2, -0.15) is 0 Å². The summed E-state index contributed by atoms with van der Waals surface area (Å²) in [6.07, 6.45) is 0. The molecule has 12 rings (SSSR count). The molecule has 0 amide bonds. The first-order chi connectivity index (χ1) is 30.2. The van der Waals surface area contributed by atoms with Crippen LogP contribution < -0.4 is 0 Å². The van der Waals surface area contributed by atoms with E-state index in [-0.39, 0.29) is 0 Å². The van der Waals surface area contributed by atoms with E-state index in [1.54, 1.807) is 11.3 Å². The number of hydrogen-bond donors (Lipinski definition) is 0. The van der Waals surface area contributed by atoms with Gasteiger partial charge in [0, 0.05) is 59.4 Å². The van der Waals surface area contributed by atoms with E-state index < -0.39 is 0 Å². The topological polar surface area (TPSA) is 74.3 Å². The van der Waals surface area contributed by atoms with Gasteiger partial charge in [0.2, 0.25) is 0 Å². The molecule has 0 fully saturated rings. The molecule has 8 aromatic carbocycles. The average Bonchev–Trinajstić information content (AvgIpc) is 4.04. The zero-order chi connectivity index (χ0) is 40.3. The summed E-state index contributed by atoms with van der Waals surface area (Å²) in [4.78, 5) is 25.6. The van der Waals surface area contributed by atoms with Gasteiger partial charge in [0.15, 0.2) is 17.5 Å². The normalized spacial score (nSPS) is 11.6. The summed E-state index contributed by atoms with van der Waals surface area (Å²) in [6, 6.07) is 69.1. The van der Waals surface area contributed by atoms with Crippen LogP contribution in [0, 0.1) is 0 Å². The molecule has 0 atom stereocenters. The highest BCUT2D eigenvalue weighted by atomic mass is 32.1. The molecule has 0 N–H and O–H groups in total. The Morgan fingerprint density at radius 2 is 0.738 bits per heavy atom. The fourth-order valence-electron chi connectivity index (χ4n) is 8.28. The van der Waals surface area contributed by atoms with E-state index in [1.807, 2.05) is 48.5 Å². The number of nitrogens with zero attached hydrogens (tertiary/aromatic N) is 7. The predicted octanol–water partition coefficient (Wildman–Crippen LogP) is 13.3. The van der Waals surface area contributed by atoms with Gasteiger partial charge >= 0.3 is 0 Å². The first-order valence-corrected chi connectivity index (χ1v) is 21.0. The molecule has 286 valence electrons. The van der Waals surface area contributed by atoms with E-state index in [0.29, 0.717) is 17.5 Å². The highest BCUT2D eigenvalue weighted by Gasteiger charge is 2.18. The van der Waals surface area contributed by atoms with Crippen molar-refractivity contribution in [3.63, 3.8) is 0 Å². The van der Waals surface area contributed by atoms with E-state index in [1.165, 1.54) is 20.2 Å². The Bertz CT molecular complexity index is 3390. The van der Waals surface area contributed by atoms with Crippen LogP contribution in [0.3, 0.4) is 0 Å². The lowest BCUT2D eigenvalue weighted by Crippen LogP contribution is -2.02. The van der Waals surface area contributed by atoms with Crippen LogP contribution in [-0.2, 0) is 0 Å². The van der Waals surface area contributed by atoms with E-state index in [4.69, 9.17) is 24.9 Å². The molecule has 12 aromatic rings. The smallest absolute Gasteiger partial charge is 0.164 e. The van der Waals surface area contributed by atoms with Crippen LogP contribution >= 0.6 is 11.3 Å². The second-order valence-corrected chi connectivity index (χ2v) is 16.0. The first-order valence-electron chi connectivity index (χ1n) is 20.2. The second kappa shape index (κ2) is 14.3. The lowest BCUT2D eigenvalue weighted by molar-refractivity contribution is 1.07. The minimum absolute atomic E-state index is 0.595. The highest BCUT2D eigenvalue weighted by Crippen LogP contribution is 2.37. The van der Waals surface area contributed by atoms with Gasteiger partial charge in [0.25, 0.3) is 0 Å². The van der Waals surface area contributed by atoms with Crippen molar-refractivity contribution >= 4 is 53.6 Å². The Morgan fingerprint density at radius 1 is 0.311 bits per heavy atom. The van der Waals surface area contributed by atoms with E-state index >= 15 is 0 Å². The Balaban J connectivity index is 0.982. The SMILES string of the molecule is c1ccc(-c2nc3ccccc3n2-c2ccc(-c3nc(-c4ccc(-n5c(-c6ccccc6)nc6ccccc65)cc4)nc(-c4ccc5c(c4)sc4ccccc45)n3)cc2)cc1. The molecule has 0 radical (unpaired) electrons. The monoisotopic (exact) mass is 799 g/mol. The van der Waals surface area contributed by atoms with E-state index in [2.05, 4.69) is 161 Å². The number of imidazole rings is 2. The van der Waals surface area contributed by atoms with Crippen molar-refractivity contribution < 1.29 is 0 Å². The molecule has 0 spiro atoms. The number of aromatic nitrogens is 7. The summed E-state index contributed by atoms with van der Waals surface area (Å²) in [5.74, 6) is 3.58. The summed E-state index contributed by atoms with van der Waals surface area (Å²) in [7, 11) is 0. The summed E-state index contributed by atoms with van der Waals surface area (Å²) in [5, 5.41) is 2.49. The zero-order valence-corrected chi connectivity index (χ0v) is 33.4. The minimum atomic E-state index is 0.595. The lowest BCUT2D eigenvalue weighted by Gasteiger charge is -2.12. The summed E-state index contributed by atoms with van der Waals surface area (Å²) in [5.41, 5.74) is 10.8. The van der Waals surface area contributed by atoms with Crippen LogP contribution in [0.5, 0.6) is 0 Å². The van der Waals surface area contributed by atoms with Crippen LogP contribution in [0.4, 0.5) is 0 Å². The number of hydrogen-bond acceptors (Lipinski definition) is 6. The van der Waals surface area contributed by atoms with Gasteiger partial charge in [-0.1, -0.05) is 115 Å². The third-order valence-electron chi connectivity index (χ3n) is 11.2. The number of para-hydroxylation sites is 4. The number of benzene rings is 8. The van der Waals surface area contributed by atoms with Gasteiger partial charge < -0.3 is 0 Å². The Kier molecular flexibility index (Phi) is 8.21. The fourth-order valence-corrected chi connectivity index (χ4v) is 9.43. The molecule has 0 bridgehead atoms. The molecule has 0 aliphatic heterocycles. The van der Waals surface area contributed by atoms with Gasteiger partial charge in [-0.15, -0.1) is 11.3 Å². The van der Waals surface area contributed by atoms with Crippen molar-refractivity contribution in [3.8, 4) is 68.3 Å².